The Bertz CT molecular complexity index is 660. The number of methoxy groups -OCH3 is 1. The van der Waals surface area contributed by atoms with Crippen molar-refractivity contribution >= 4 is 62.2 Å². The molecule has 0 unspecified atom stereocenters. The summed E-state index contributed by atoms with van der Waals surface area (Å²) in [5.74, 6) is -1.20. The third-order valence-electron chi connectivity index (χ3n) is 2.64. The average molecular weight is 387 g/mol. The van der Waals surface area contributed by atoms with Gasteiger partial charge in [-0.2, -0.15) is 0 Å². The standard InChI is InChI=1S/C13H10BrNO4S2/c1-19-9-3-2-8(14)4-7(9)5-10-12(18)15(6-11(16)17)13(20)21-10/h2-5H,6H2,1H3,(H,16,17)/p-1/b10-5+. The Kier molecular flexibility index (Phi) is 5.02. The van der Waals surface area contributed by atoms with Gasteiger partial charge in [-0.05, 0) is 24.3 Å². The van der Waals surface area contributed by atoms with Crippen LogP contribution in [0.15, 0.2) is 27.6 Å². The number of halogens is 1. The monoisotopic (exact) mass is 386 g/mol. The molecular weight excluding hydrogens is 378 g/mol. The van der Waals surface area contributed by atoms with Crippen molar-refractivity contribution in [2.75, 3.05) is 13.7 Å². The van der Waals surface area contributed by atoms with E-state index in [0.717, 1.165) is 21.1 Å². The van der Waals surface area contributed by atoms with Crippen molar-refractivity contribution in [1.82, 2.24) is 4.90 Å². The molecule has 1 aromatic carbocycles. The van der Waals surface area contributed by atoms with Crippen molar-refractivity contribution in [3.8, 4) is 5.75 Å². The van der Waals surface area contributed by atoms with E-state index in [9.17, 15) is 14.7 Å². The number of hydrogen-bond donors (Lipinski definition) is 0. The van der Waals surface area contributed by atoms with Crippen LogP contribution < -0.4 is 9.84 Å². The summed E-state index contributed by atoms with van der Waals surface area (Å²) in [6.07, 6.45) is 1.62. The molecule has 1 amide bonds. The Hall–Kier alpha value is -1.38. The molecule has 0 saturated carbocycles. The largest absolute Gasteiger partial charge is 0.548 e. The molecule has 0 N–H and O–H groups in total. The zero-order valence-corrected chi connectivity index (χ0v) is 14.0. The van der Waals surface area contributed by atoms with Crippen LogP contribution in [0.1, 0.15) is 5.56 Å². The number of carbonyl (C=O) groups is 2. The van der Waals surface area contributed by atoms with Gasteiger partial charge in [0, 0.05) is 10.0 Å². The second kappa shape index (κ2) is 6.59. The van der Waals surface area contributed by atoms with E-state index in [1.165, 1.54) is 7.11 Å². The number of hydrogen-bond acceptors (Lipinski definition) is 6. The van der Waals surface area contributed by atoms with Crippen molar-refractivity contribution in [2.45, 2.75) is 0 Å². The molecule has 0 radical (unpaired) electrons. The first-order valence-electron chi connectivity index (χ1n) is 5.71. The number of amides is 1. The molecule has 1 heterocycles. The summed E-state index contributed by atoms with van der Waals surface area (Å²) in [5, 5.41) is 10.6. The molecule has 0 spiro atoms. The lowest BCUT2D eigenvalue weighted by Crippen LogP contribution is -2.40. The summed E-state index contributed by atoms with van der Waals surface area (Å²) in [6.45, 7) is -0.544. The zero-order chi connectivity index (χ0) is 15.6. The van der Waals surface area contributed by atoms with E-state index in [1.807, 2.05) is 6.07 Å². The first kappa shape index (κ1) is 16.0. The first-order chi connectivity index (χ1) is 9.92. The van der Waals surface area contributed by atoms with Crippen molar-refractivity contribution in [3.05, 3.63) is 33.1 Å². The number of nitrogens with zero attached hydrogens (tertiary/aromatic N) is 1. The molecule has 0 bridgehead atoms. The van der Waals surface area contributed by atoms with Crippen LogP contribution in [-0.2, 0) is 9.59 Å². The van der Waals surface area contributed by atoms with Gasteiger partial charge < -0.3 is 14.6 Å². The van der Waals surface area contributed by atoms with Gasteiger partial charge in [0.15, 0.2) is 0 Å². The summed E-state index contributed by atoms with van der Waals surface area (Å²) in [6, 6.07) is 5.37. The highest BCUT2D eigenvalue weighted by Gasteiger charge is 2.32. The molecular formula is C13H9BrNO4S2-. The fourth-order valence-corrected chi connectivity index (χ4v) is 3.35. The van der Waals surface area contributed by atoms with Crippen LogP contribution in [0.2, 0.25) is 0 Å². The summed E-state index contributed by atoms with van der Waals surface area (Å²) in [4.78, 5) is 24.1. The van der Waals surface area contributed by atoms with Crippen LogP contribution in [-0.4, -0.2) is 34.8 Å². The highest BCUT2D eigenvalue weighted by molar-refractivity contribution is 9.10. The Balaban J connectivity index is 2.35. The number of benzene rings is 1. The maximum atomic E-state index is 12.1. The maximum Gasteiger partial charge on any atom is 0.266 e. The Morgan fingerprint density at radius 3 is 2.90 bits per heavy atom. The van der Waals surface area contributed by atoms with Crippen LogP contribution in [0.5, 0.6) is 5.75 Å². The molecule has 110 valence electrons. The van der Waals surface area contributed by atoms with Crippen molar-refractivity contribution < 1.29 is 19.4 Å². The molecule has 1 aliphatic rings. The number of thioether (sulfide) groups is 1. The second-order valence-corrected chi connectivity index (χ2v) is 6.62. The van der Waals surface area contributed by atoms with E-state index in [2.05, 4.69) is 15.9 Å². The number of thiocarbonyl (C=S) groups is 1. The minimum Gasteiger partial charge on any atom is -0.548 e. The highest BCUT2D eigenvalue weighted by atomic mass is 79.9. The number of carbonyl (C=O) groups excluding carboxylic acids is 2. The average Bonchev–Trinajstić information content (AvgIpc) is 2.66. The first-order valence-corrected chi connectivity index (χ1v) is 7.73. The minimum absolute atomic E-state index is 0.199. The Morgan fingerprint density at radius 1 is 1.57 bits per heavy atom. The van der Waals surface area contributed by atoms with E-state index in [1.54, 1.807) is 18.2 Å². The Labute approximate surface area is 139 Å². The lowest BCUT2D eigenvalue weighted by Gasteiger charge is -2.14. The third kappa shape index (κ3) is 3.63. The maximum absolute atomic E-state index is 12.1. The van der Waals surface area contributed by atoms with Crippen LogP contribution in [0.4, 0.5) is 0 Å². The number of carboxylic acids is 1. The lowest BCUT2D eigenvalue weighted by atomic mass is 10.2. The minimum atomic E-state index is -1.35. The van der Waals surface area contributed by atoms with E-state index < -0.39 is 18.4 Å². The quantitative estimate of drug-likeness (QED) is 0.575. The van der Waals surface area contributed by atoms with E-state index in [-0.39, 0.29) is 4.32 Å². The smallest absolute Gasteiger partial charge is 0.266 e. The van der Waals surface area contributed by atoms with Gasteiger partial charge in [-0.25, -0.2) is 0 Å². The van der Waals surface area contributed by atoms with Crippen LogP contribution in [0.25, 0.3) is 6.08 Å². The summed E-state index contributed by atoms with van der Waals surface area (Å²) < 4.78 is 6.26. The molecule has 1 saturated heterocycles. The summed E-state index contributed by atoms with van der Waals surface area (Å²) >= 11 is 9.41. The van der Waals surface area contributed by atoms with Crippen molar-refractivity contribution in [1.29, 1.82) is 0 Å². The van der Waals surface area contributed by atoms with Crippen LogP contribution in [0, 0.1) is 0 Å². The predicted octanol–water partition coefficient (Wildman–Crippen LogP) is 1.41. The highest BCUT2D eigenvalue weighted by Crippen LogP contribution is 2.34. The predicted molar refractivity (Wildman–Crippen MR) is 85.6 cm³/mol. The van der Waals surface area contributed by atoms with Gasteiger partial charge in [-0.3, -0.25) is 9.69 Å². The molecule has 0 aliphatic carbocycles. The normalized spacial score (nSPS) is 16.7. The molecule has 1 fully saturated rings. The van der Waals surface area contributed by atoms with Crippen LogP contribution in [0.3, 0.4) is 0 Å². The van der Waals surface area contributed by atoms with Gasteiger partial charge in [0.2, 0.25) is 0 Å². The molecule has 1 aromatic rings. The van der Waals surface area contributed by atoms with E-state index in [4.69, 9.17) is 17.0 Å². The summed E-state index contributed by atoms with van der Waals surface area (Å²) in [5.41, 5.74) is 0.695. The van der Waals surface area contributed by atoms with Crippen LogP contribution >= 0.6 is 39.9 Å². The molecule has 21 heavy (non-hydrogen) atoms. The van der Waals surface area contributed by atoms with Gasteiger partial charge in [-0.15, -0.1) is 0 Å². The third-order valence-corrected chi connectivity index (χ3v) is 4.51. The summed E-state index contributed by atoms with van der Waals surface area (Å²) in [7, 11) is 1.53. The van der Waals surface area contributed by atoms with Gasteiger partial charge >= 0.3 is 0 Å². The molecule has 2 rings (SSSR count). The number of carboxylic acid groups (broad SMARTS) is 1. The van der Waals surface area contributed by atoms with E-state index in [0.29, 0.717) is 16.2 Å². The van der Waals surface area contributed by atoms with E-state index >= 15 is 0 Å². The van der Waals surface area contributed by atoms with Gasteiger partial charge in [-0.1, -0.05) is 39.9 Å². The number of ether oxygens (including phenoxy) is 1. The SMILES string of the molecule is COc1ccc(Br)cc1/C=C1/SC(=S)N(CC(=O)[O-])C1=O. The number of rotatable bonds is 4. The second-order valence-electron chi connectivity index (χ2n) is 4.03. The fourth-order valence-electron chi connectivity index (χ4n) is 1.72. The molecule has 0 aromatic heterocycles. The molecule has 8 heteroatoms. The van der Waals surface area contributed by atoms with Crippen molar-refractivity contribution in [3.63, 3.8) is 0 Å². The van der Waals surface area contributed by atoms with Gasteiger partial charge in [0.25, 0.3) is 5.91 Å². The van der Waals surface area contributed by atoms with Gasteiger partial charge in [0.1, 0.15) is 10.1 Å². The fraction of sp³-hybridized carbons (Fsp3) is 0.154. The van der Waals surface area contributed by atoms with Gasteiger partial charge in [0.05, 0.1) is 24.5 Å². The zero-order valence-electron chi connectivity index (χ0n) is 10.8. The Morgan fingerprint density at radius 2 is 2.29 bits per heavy atom. The molecule has 5 nitrogen and oxygen atoms in total. The molecule has 0 atom stereocenters. The molecule has 1 aliphatic heterocycles. The van der Waals surface area contributed by atoms with Crippen molar-refractivity contribution in [2.24, 2.45) is 0 Å². The lowest BCUT2D eigenvalue weighted by molar-refractivity contribution is -0.305. The topological polar surface area (TPSA) is 69.7 Å². The number of aliphatic carboxylic acids is 1.